The summed E-state index contributed by atoms with van der Waals surface area (Å²) in [5, 5.41) is 21.1. The number of aliphatic carboxylic acids is 1. The van der Waals surface area contributed by atoms with Gasteiger partial charge in [0.25, 0.3) is 0 Å². The van der Waals surface area contributed by atoms with E-state index in [-0.39, 0.29) is 18.4 Å². The number of urea groups is 1. The molecule has 0 unspecified atom stereocenters. The lowest BCUT2D eigenvalue weighted by atomic mass is 9.92. The Kier molecular flexibility index (Phi) is 4.56. The van der Waals surface area contributed by atoms with Crippen LogP contribution in [0.5, 0.6) is 0 Å². The number of carbonyl (C=O) groups excluding carboxylic acids is 1. The number of aliphatic hydroxyl groups is 1. The van der Waals surface area contributed by atoms with E-state index in [9.17, 15) is 14.7 Å². The summed E-state index contributed by atoms with van der Waals surface area (Å²) in [5.41, 5.74) is 0.115. The van der Waals surface area contributed by atoms with Gasteiger partial charge >= 0.3 is 12.0 Å². The zero-order valence-corrected chi connectivity index (χ0v) is 11.1. The number of aliphatic hydroxyl groups excluding tert-OH is 1. The molecule has 0 radical (unpaired) electrons. The summed E-state index contributed by atoms with van der Waals surface area (Å²) in [6.07, 6.45) is 0.161. The monoisotopic (exact) mass is 258 g/mol. The van der Waals surface area contributed by atoms with Crippen molar-refractivity contribution in [1.29, 1.82) is 0 Å². The van der Waals surface area contributed by atoms with Crippen LogP contribution in [0.15, 0.2) is 0 Å². The molecule has 2 atom stereocenters. The highest BCUT2D eigenvalue weighted by Crippen LogP contribution is 2.19. The Morgan fingerprint density at radius 3 is 2.50 bits per heavy atom. The fraction of sp³-hybridized carbons (Fsp3) is 0.833. The molecule has 0 bridgehead atoms. The lowest BCUT2D eigenvalue weighted by Crippen LogP contribution is -2.46. The van der Waals surface area contributed by atoms with Crippen molar-refractivity contribution in [1.82, 2.24) is 10.2 Å². The molecule has 0 aromatic rings. The summed E-state index contributed by atoms with van der Waals surface area (Å²) in [6, 6.07) is -1.34. The Morgan fingerprint density at radius 2 is 2.00 bits per heavy atom. The van der Waals surface area contributed by atoms with Crippen LogP contribution in [0.2, 0.25) is 0 Å². The molecule has 1 rings (SSSR count). The van der Waals surface area contributed by atoms with Gasteiger partial charge in [0.05, 0.1) is 6.10 Å². The van der Waals surface area contributed by atoms with Crippen molar-refractivity contribution in [2.75, 3.05) is 13.1 Å². The number of nitrogens with zero attached hydrogens (tertiary/aromatic N) is 1. The van der Waals surface area contributed by atoms with Crippen molar-refractivity contribution < 1.29 is 19.8 Å². The first kappa shape index (κ1) is 14.8. The van der Waals surface area contributed by atoms with Gasteiger partial charge in [-0.05, 0) is 11.8 Å². The lowest BCUT2D eigenvalue weighted by molar-refractivity contribution is -0.141. The van der Waals surface area contributed by atoms with Crippen LogP contribution in [0.4, 0.5) is 4.79 Å². The fourth-order valence-electron chi connectivity index (χ4n) is 1.92. The maximum absolute atomic E-state index is 11.8. The van der Waals surface area contributed by atoms with E-state index >= 15 is 0 Å². The zero-order chi connectivity index (χ0) is 13.9. The number of carboxylic acid groups (broad SMARTS) is 1. The Hall–Kier alpha value is -1.30. The van der Waals surface area contributed by atoms with E-state index in [1.54, 1.807) is 0 Å². The first-order valence-electron chi connectivity index (χ1n) is 6.16. The second-order valence-corrected chi connectivity index (χ2v) is 5.94. The van der Waals surface area contributed by atoms with Crippen molar-refractivity contribution in [2.24, 2.45) is 5.41 Å². The fourth-order valence-corrected chi connectivity index (χ4v) is 1.92. The molecule has 18 heavy (non-hydrogen) atoms. The van der Waals surface area contributed by atoms with Gasteiger partial charge in [-0.2, -0.15) is 0 Å². The molecular formula is C12H22N2O4. The Morgan fingerprint density at radius 1 is 1.39 bits per heavy atom. The minimum atomic E-state index is -1.07. The highest BCUT2D eigenvalue weighted by Gasteiger charge is 2.38. The van der Waals surface area contributed by atoms with Crippen LogP contribution in [0.25, 0.3) is 0 Å². The van der Waals surface area contributed by atoms with E-state index in [2.05, 4.69) is 26.1 Å². The third-order valence-corrected chi connectivity index (χ3v) is 2.98. The van der Waals surface area contributed by atoms with Crippen LogP contribution >= 0.6 is 0 Å². The molecule has 6 heteroatoms. The quantitative estimate of drug-likeness (QED) is 0.693. The summed E-state index contributed by atoms with van der Waals surface area (Å²) in [5.74, 6) is -1.07. The summed E-state index contributed by atoms with van der Waals surface area (Å²) in [6.45, 7) is 6.79. The van der Waals surface area contributed by atoms with Crippen molar-refractivity contribution in [3.8, 4) is 0 Å². The molecule has 0 aromatic carbocycles. The Bertz CT molecular complexity index is 325. The van der Waals surface area contributed by atoms with E-state index in [1.807, 2.05) is 0 Å². The van der Waals surface area contributed by atoms with E-state index in [4.69, 9.17) is 5.11 Å². The van der Waals surface area contributed by atoms with Crippen LogP contribution in [-0.2, 0) is 4.79 Å². The topological polar surface area (TPSA) is 89.9 Å². The van der Waals surface area contributed by atoms with E-state index in [0.717, 1.165) is 6.42 Å². The molecule has 1 fully saturated rings. The van der Waals surface area contributed by atoms with Gasteiger partial charge in [-0.3, -0.25) is 0 Å². The first-order chi connectivity index (χ1) is 8.20. The van der Waals surface area contributed by atoms with Gasteiger partial charge in [-0.25, -0.2) is 9.59 Å². The summed E-state index contributed by atoms with van der Waals surface area (Å²) >= 11 is 0. The van der Waals surface area contributed by atoms with E-state index < -0.39 is 24.1 Å². The number of carbonyl (C=O) groups is 2. The van der Waals surface area contributed by atoms with Crippen molar-refractivity contribution >= 4 is 12.0 Å². The first-order valence-corrected chi connectivity index (χ1v) is 6.16. The van der Waals surface area contributed by atoms with Crippen molar-refractivity contribution in [2.45, 2.75) is 45.8 Å². The smallest absolute Gasteiger partial charge is 0.326 e. The minimum Gasteiger partial charge on any atom is -0.480 e. The lowest BCUT2D eigenvalue weighted by Gasteiger charge is -2.23. The van der Waals surface area contributed by atoms with Crippen LogP contribution in [0, 0.1) is 5.41 Å². The second-order valence-electron chi connectivity index (χ2n) is 5.94. The molecule has 0 aliphatic carbocycles. The molecule has 3 N–H and O–H groups in total. The second kappa shape index (κ2) is 5.56. The maximum atomic E-state index is 11.8. The van der Waals surface area contributed by atoms with Crippen LogP contribution in [0.3, 0.4) is 0 Å². The zero-order valence-electron chi connectivity index (χ0n) is 11.1. The third-order valence-electron chi connectivity index (χ3n) is 2.98. The van der Waals surface area contributed by atoms with Crippen LogP contribution < -0.4 is 5.32 Å². The van der Waals surface area contributed by atoms with Gasteiger partial charge in [-0.1, -0.05) is 20.8 Å². The number of hydrogen-bond acceptors (Lipinski definition) is 3. The summed E-state index contributed by atoms with van der Waals surface area (Å²) in [7, 11) is 0. The van der Waals surface area contributed by atoms with Crippen LogP contribution in [-0.4, -0.2) is 52.3 Å². The number of likely N-dealkylation sites (tertiary alicyclic amines) is 1. The van der Waals surface area contributed by atoms with Gasteiger partial charge in [0, 0.05) is 19.5 Å². The number of β-amino-alcohol motifs (C(OH)–C–C–N with tert-alkyl or cyclic N) is 1. The number of amides is 2. The number of hydrogen-bond donors (Lipinski definition) is 3. The molecular weight excluding hydrogens is 236 g/mol. The minimum absolute atomic E-state index is 0.0817. The standard InChI is InChI=1S/C12H22N2O4/c1-12(2,3)4-5-13-11(18)14-7-8(15)6-9(14)10(16)17/h8-9,15H,4-7H2,1-3H3,(H,13,18)(H,16,17)/t8-,9-/m0/s1. The number of nitrogens with one attached hydrogen (secondary N) is 1. The largest absolute Gasteiger partial charge is 0.480 e. The normalized spacial score (nSPS) is 24.1. The average molecular weight is 258 g/mol. The average Bonchev–Trinajstić information content (AvgIpc) is 2.58. The molecule has 1 saturated heterocycles. The number of carboxylic acids is 1. The molecule has 6 nitrogen and oxygen atoms in total. The molecule has 2 amide bonds. The van der Waals surface area contributed by atoms with Gasteiger partial charge in [0.2, 0.25) is 0 Å². The van der Waals surface area contributed by atoms with Gasteiger partial charge < -0.3 is 20.4 Å². The maximum Gasteiger partial charge on any atom is 0.326 e. The third kappa shape index (κ3) is 4.18. The SMILES string of the molecule is CC(C)(C)CCNC(=O)N1C[C@@H](O)C[C@H]1C(=O)O. The summed E-state index contributed by atoms with van der Waals surface area (Å²) < 4.78 is 0. The molecule has 1 aliphatic rings. The van der Waals surface area contributed by atoms with E-state index in [0.29, 0.717) is 6.54 Å². The predicted octanol–water partition coefficient (Wildman–Crippen LogP) is 0.652. The molecule has 104 valence electrons. The van der Waals surface area contributed by atoms with Crippen molar-refractivity contribution in [3.63, 3.8) is 0 Å². The van der Waals surface area contributed by atoms with Crippen LogP contribution in [0.1, 0.15) is 33.6 Å². The predicted molar refractivity (Wildman–Crippen MR) is 66.2 cm³/mol. The van der Waals surface area contributed by atoms with Gasteiger partial charge in [0.1, 0.15) is 6.04 Å². The van der Waals surface area contributed by atoms with Crippen molar-refractivity contribution in [3.05, 3.63) is 0 Å². The highest BCUT2D eigenvalue weighted by atomic mass is 16.4. The van der Waals surface area contributed by atoms with Gasteiger partial charge in [0.15, 0.2) is 0 Å². The van der Waals surface area contributed by atoms with Gasteiger partial charge in [-0.15, -0.1) is 0 Å². The summed E-state index contributed by atoms with van der Waals surface area (Å²) in [4.78, 5) is 24.0. The molecule has 0 saturated carbocycles. The Labute approximate surface area is 107 Å². The molecule has 1 aliphatic heterocycles. The molecule has 1 heterocycles. The van der Waals surface area contributed by atoms with E-state index in [1.165, 1.54) is 4.90 Å². The molecule has 0 spiro atoms. The number of rotatable bonds is 3. The highest BCUT2D eigenvalue weighted by molar-refractivity contribution is 5.83. The molecule has 0 aromatic heterocycles. The Balaban J connectivity index is 2.48.